The maximum Gasteiger partial charge on any atom is 0.231 e. The molecule has 0 saturated carbocycles. The lowest BCUT2D eigenvalue weighted by Gasteiger charge is -1.93. The molecule has 18 heavy (non-hydrogen) atoms. The van der Waals surface area contributed by atoms with Crippen molar-refractivity contribution in [3.05, 3.63) is 36.7 Å². The summed E-state index contributed by atoms with van der Waals surface area (Å²) >= 11 is 0. The first-order valence-electron chi connectivity index (χ1n) is 5.60. The van der Waals surface area contributed by atoms with Gasteiger partial charge in [0.05, 0.1) is 11.0 Å². The minimum Gasteiger partial charge on any atom is -0.454 e. The molecule has 88 valence electrons. The van der Waals surface area contributed by atoms with Crippen molar-refractivity contribution in [2.75, 3.05) is 6.79 Å². The van der Waals surface area contributed by atoms with Gasteiger partial charge in [-0.15, -0.1) is 0 Å². The Morgan fingerprint density at radius 3 is 2.89 bits per heavy atom. The van der Waals surface area contributed by atoms with Gasteiger partial charge in [0.2, 0.25) is 6.79 Å². The summed E-state index contributed by atoms with van der Waals surface area (Å²) in [6.45, 7) is 0.275. The van der Waals surface area contributed by atoms with E-state index >= 15 is 0 Å². The summed E-state index contributed by atoms with van der Waals surface area (Å²) in [7, 11) is 0. The van der Waals surface area contributed by atoms with Crippen molar-refractivity contribution in [2.45, 2.75) is 0 Å². The van der Waals surface area contributed by atoms with E-state index in [-0.39, 0.29) is 6.79 Å². The zero-order valence-corrected chi connectivity index (χ0v) is 9.38. The maximum absolute atomic E-state index is 5.34. The highest BCUT2D eigenvalue weighted by Gasteiger charge is 2.16. The topological polar surface area (TPSA) is 60.0 Å². The van der Waals surface area contributed by atoms with Gasteiger partial charge in [-0.25, -0.2) is 4.98 Å². The SMILES string of the molecule is c1cncc(-c2nc3cc4c(cc3[nH]2)OCO4)c1. The second-order valence-corrected chi connectivity index (χ2v) is 4.05. The number of rotatable bonds is 1. The van der Waals surface area contributed by atoms with Gasteiger partial charge in [0.1, 0.15) is 5.82 Å². The number of nitrogens with zero attached hydrogens (tertiary/aromatic N) is 2. The van der Waals surface area contributed by atoms with Crippen LogP contribution in [0.1, 0.15) is 0 Å². The Labute approximate surface area is 102 Å². The zero-order valence-electron chi connectivity index (χ0n) is 9.38. The van der Waals surface area contributed by atoms with Crippen LogP contribution < -0.4 is 9.47 Å². The summed E-state index contributed by atoms with van der Waals surface area (Å²) in [5.74, 6) is 2.29. The van der Waals surface area contributed by atoms with Gasteiger partial charge in [-0.3, -0.25) is 4.98 Å². The molecule has 0 bridgehead atoms. The fraction of sp³-hybridized carbons (Fsp3) is 0.0769. The fourth-order valence-corrected chi connectivity index (χ4v) is 2.04. The molecule has 1 aliphatic rings. The number of ether oxygens (including phenoxy) is 2. The number of imidazole rings is 1. The molecule has 0 amide bonds. The molecule has 0 saturated heterocycles. The van der Waals surface area contributed by atoms with E-state index in [0.29, 0.717) is 0 Å². The Balaban J connectivity index is 1.90. The smallest absolute Gasteiger partial charge is 0.231 e. The first kappa shape index (κ1) is 9.47. The van der Waals surface area contributed by atoms with E-state index in [9.17, 15) is 0 Å². The van der Waals surface area contributed by atoms with E-state index in [2.05, 4.69) is 15.0 Å². The minimum absolute atomic E-state index is 0.275. The van der Waals surface area contributed by atoms with Crippen molar-refractivity contribution >= 4 is 11.0 Å². The molecule has 0 unspecified atom stereocenters. The highest BCUT2D eigenvalue weighted by molar-refractivity contribution is 5.83. The van der Waals surface area contributed by atoms with Crippen LogP contribution in [-0.2, 0) is 0 Å². The maximum atomic E-state index is 5.34. The lowest BCUT2D eigenvalue weighted by atomic mass is 10.3. The standard InChI is InChI=1S/C13H9N3O2/c1-2-8(6-14-3-1)13-15-9-4-11-12(18-7-17-11)5-10(9)16-13/h1-6H,7H2,(H,15,16). The highest BCUT2D eigenvalue weighted by atomic mass is 16.7. The number of benzene rings is 1. The van der Waals surface area contributed by atoms with Gasteiger partial charge in [-0.05, 0) is 12.1 Å². The summed E-state index contributed by atoms with van der Waals surface area (Å²) in [5.41, 5.74) is 2.74. The Morgan fingerprint density at radius 1 is 1.17 bits per heavy atom. The van der Waals surface area contributed by atoms with Crippen LogP contribution in [-0.4, -0.2) is 21.7 Å². The number of aromatic nitrogens is 3. The predicted octanol–water partition coefficient (Wildman–Crippen LogP) is 2.35. The van der Waals surface area contributed by atoms with Crippen molar-refractivity contribution in [1.29, 1.82) is 0 Å². The number of pyridine rings is 1. The summed E-state index contributed by atoms with van der Waals surface area (Å²) in [5, 5.41) is 0. The summed E-state index contributed by atoms with van der Waals surface area (Å²) < 4.78 is 10.7. The number of nitrogens with one attached hydrogen (secondary N) is 1. The van der Waals surface area contributed by atoms with Gasteiger partial charge in [-0.1, -0.05) is 0 Å². The van der Waals surface area contributed by atoms with Gasteiger partial charge in [0.25, 0.3) is 0 Å². The second-order valence-electron chi connectivity index (χ2n) is 4.05. The molecule has 3 aromatic rings. The van der Waals surface area contributed by atoms with Crippen LogP contribution in [0, 0.1) is 0 Å². The predicted molar refractivity (Wildman–Crippen MR) is 65.4 cm³/mol. The number of H-pyrrole nitrogens is 1. The van der Waals surface area contributed by atoms with Gasteiger partial charge < -0.3 is 14.5 Å². The first-order valence-corrected chi connectivity index (χ1v) is 5.60. The summed E-state index contributed by atoms with van der Waals surface area (Å²) in [4.78, 5) is 11.9. The summed E-state index contributed by atoms with van der Waals surface area (Å²) in [6, 6.07) is 7.64. The molecule has 1 aromatic carbocycles. The monoisotopic (exact) mass is 239 g/mol. The third-order valence-electron chi connectivity index (χ3n) is 2.91. The molecule has 5 nitrogen and oxygen atoms in total. The normalized spacial score (nSPS) is 13.1. The average Bonchev–Trinajstić information content (AvgIpc) is 3.01. The zero-order chi connectivity index (χ0) is 11.9. The van der Waals surface area contributed by atoms with E-state index in [0.717, 1.165) is 33.9 Å². The molecule has 1 aliphatic heterocycles. The third-order valence-corrected chi connectivity index (χ3v) is 2.91. The van der Waals surface area contributed by atoms with E-state index in [1.807, 2.05) is 24.3 Å². The van der Waals surface area contributed by atoms with Gasteiger partial charge in [0.15, 0.2) is 11.5 Å². The molecule has 3 heterocycles. The molecular formula is C13H9N3O2. The van der Waals surface area contributed by atoms with Gasteiger partial charge >= 0.3 is 0 Å². The Morgan fingerprint density at radius 2 is 2.06 bits per heavy atom. The molecule has 0 atom stereocenters. The first-order chi connectivity index (χ1) is 8.90. The number of aromatic amines is 1. The van der Waals surface area contributed by atoms with Crippen molar-refractivity contribution in [3.63, 3.8) is 0 Å². The quantitative estimate of drug-likeness (QED) is 0.708. The minimum atomic E-state index is 0.275. The van der Waals surface area contributed by atoms with Crippen LogP contribution in [0.15, 0.2) is 36.7 Å². The molecule has 1 N–H and O–H groups in total. The lowest BCUT2D eigenvalue weighted by Crippen LogP contribution is -1.92. The van der Waals surface area contributed by atoms with E-state index in [1.165, 1.54) is 0 Å². The Hall–Kier alpha value is -2.56. The Bertz CT molecular complexity index is 681. The molecule has 4 rings (SSSR count). The molecule has 2 aromatic heterocycles. The Kier molecular flexibility index (Phi) is 1.82. The van der Waals surface area contributed by atoms with Crippen LogP contribution in [0.2, 0.25) is 0 Å². The molecular weight excluding hydrogens is 230 g/mol. The van der Waals surface area contributed by atoms with Crippen molar-refractivity contribution in [3.8, 4) is 22.9 Å². The average molecular weight is 239 g/mol. The number of hydrogen-bond acceptors (Lipinski definition) is 4. The van der Waals surface area contributed by atoms with Crippen molar-refractivity contribution in [2.24, 2.45) is 0 Å². The third kappa shape index (κ3) is 1.34. The highest BCUT2D eigenvalue weighted by Crippen LogP contribution is 2.35. The van der Waals surface area contributed by atoms with Gasteiger partial charge in [-0.2, -0.15) is 0 Å². The van der Waals surface area contributed by atoms with E-state index < -0.39 is 0 Å². The largest absolute Gasteiger partial charge is 0.454 e. The van der Waals surface area contributed by atoms with Crippen molar-refractivity contribution in [1.82, 2.24) is 15.0 Å². The van der Waals surface area contributed by atoms with Crippen LogP contribution >= 0.6 is 0 Å². The van der Waals surface area contributed by atoms with Gasteiger partial charge in [0, 0.05) is 30.1 Å². The second kappa shape index (κ2) is 3.46. The van der Waals surface area contributed by atoms with Crippen LogP contribution in [0.3, 0.4) is 0 Å². The van der Waals surface area contributed by atoms with Crippen LogP contribution in [0.4, 0.5) is 0 Å². The molecule has 0 spiro atoms. The molecule has 0 aliphatic carbocycles. The molecule has 0 radical (unpaired) electrons. The number of hydrogen-bond donors (Lipinski definition) is 1. The van der Waals surface area contributed by atoms with Crippen LogP contribution in [0.25, 0.3) is 22.4 Å². The van der Waals surface area contributed by atoms with E-state index in [4.69, 9.17) is 9.47 Å². The van der Waals surface area contributed by atoms with Crippen molar-refractivity contribution < 1.29 is 9.47 Å². The van der Waals surface area contributed by atoms with E-state index in [1.54, 1.807) is 12.4 Å². The molecule has 5 heteroatoms. The fourth-order valence-electron chi connectivity index (χ4n) is 2.04. The summed E-state index contributed by atoms with van der Waals surface area (Å²) in [6.07, 6.45) is 3.51. The lowest BCUT2D eigenvalue weighted by molar-refractivity contribution is 0.174. The molecule has 0 fully saturated rings. The number of fused-ring (bicyclic) bond motifs is 2. The van der Waals surface area contributed by atoms with Crippen LogP contribution in [0.5, 0.6) is 11.5 Å².